The van der Waals surface area contributed by atoms with Crippen LogP contribution < -0.4 is 5.32 Å². The number of methoxy groups -OCH3 is 1. The molecule has 1 aromatic carbocycles. The first-order valence-electron chi connectivity index (χ1n) is 4.85. The van der Waals surface area contributed by atoms with Crippen LogP contribution in [0.1, 0.15) is 16.8 Å². The molecule has 0 aliphatic rings. The van der Waals surface area contributed by atoms with Crippen LogP contribution >= 0.6 is 11.6 Å². The number of nitrogens with one attached hydrogen (secondary N) is 1. The third kappa shape index (κ3) is 4.42. The molecule has 1 amide bonds. The minimum atomic E-state index is -1.10. The van der Waals surface area contributed by atoms with Gasteiger partial charge in [-0.3, -0.25) is 4.79 Å². The van der Waals surface area contributed by atoms with Gasteiger partial charge in [0.25, 0.3) is 0 Å². The first kappa shape index (κ1) is 13.5. The zero-order chi connectivity index (χ0) is 12.8. The van der Waals surface area contributed by atoms with Crippen molar-refractivity contribution in [3.63, 3.8) is 0 Å². The summed E-state index contributed by atoms with van der Waals surface area (Å²) in [6.07, 6.45) is 0.200. The van der Waals surface area contributed by atoms with Crippen LogP contribution in [0.25, 0.3) is 0 Å². The maximum atomic E-state index is 11.4. The average Bonchev–Trinajstić information content (AvgIpc) is 2.25. The second kappa shape index (κ2) is 6.22. The molecule has 0 atom stereocenters. The molecule has 1 aromatic rings. The molecule has 0 spiro atoms. The van der Waals surface area contributed by atoms with E-state index in [4.69, 9.17) is 21.4 Å². The maximum absolute atomic E-state index is 11.4. The normalized spacial score (nSPS) is 10.0. The molecule has 0 saturated heterocycles. The van der Waals surface area contributed by atoms with E-state index in [1.165, 1.54) is 25.3 Å². The van der Waals surface area contributed by atoms with E-state index in [1.54, 1.807) is 0 Å². The number of aromatic carboxylic acids is 1. The third-order valence-corrected chi connectivity index (χ3v) is 2.18. The molecule has 0 fully saturated rings. The number of amides is 1. The standard InChI is InChI=1S/C11H12ClNO4/c1-17-3-2-10(14)13-9-5-7(11(15)16)4-8(12)6-9/h4-6H,2-3H2,1H3,(H,13,14)(H,15,16). The van der Waals surface area contributed by atoms with Crippen molar-refractivity contribution in [2.24, 2.45) is 0 Å². The summed E-state index contributed by atoms with van der Waals surface area (Å²) in [7, 11) is 1.50. The molecule has 0 aromatic heterocycles. The zero-order valence-electron chi connectivity index (χ0n) is 9.20. The highest BCUT2D eigenvalue weighted by Gasteiger charge is 2.08. The Balaban J connectivity index is 2.77. The van der Waals surface area contributed by atoms with Gasteiger partial charge in [-0.25, -0.2) is 4.79 Å². The van der Waals surface area contributed by atoms with Gasteiger partial charge in [0.2, 0.25) is 5.91 Å². The SMILES string of the molecule is COCCC(=O)Nc1cc(Cl)cc(C(=O)O)c1. The number of anilines is 1. The highest BCUT2D eigenvalue weighted by molar-refractivity contribution is 6.31. The Morgan fingerprint density at radius 3 is 2.71 bits per heavy atom. The van der Waals surface area contributed by atoms with Gasteiger partial charge in [0.1, 0.15) is 0 Å². The van der Waals surface area contributed by atoms with Crippen molar-refractivity contribution >= 4 is 29.2 Å². The molecule has 92 valence electrons. The number of hydrogen-bond donors (Lipinski definition) is 2. The van der Waals surface area contributed by atoms with Gasteiger partial charge in [0.15, 0.2) is 0 Å². The summed E-state index contributed by atoms with van der Waals surface area (Å²) in [5.74, 6) is -1.36. The number of carboxylic acid groups (broad SMARTS) is 1. The molecule has 6 heteroatoms. The Hall–Kier alpha value is -1.59. The van der Waals surface area contributed by atoms with E-state index in [2.05, 4.69) is 5.32 Å². The summed E-state index contributed by atoms with van der Waals surface area (Å²) in [6.45, 7) is 0.304. The summed E-state index contributed by atoms with van der Waals surface area (Å²) in [6, 6.07) is 4.15. The fourth-order valence-corrected chi connectivity index (χ4v) is 1.44. The summed E-state index contributed by atoms with van der Waals surface area (Å²) >= 11 is 5.74. The molecule has 0 heterocycles. The molecule has 0 unspecified atom stereocenters. The van der Waals surface area contributed by atoms with Crippen molar-refractivity contribution in [2.45, 2.75) is 6.42 Å². The van der Waals surface area contributed by atoms with Crippen molar-refractivity contribution in [3.05, 3.63) is 28.8 Å². The van der Waals surface area contributed by atoms with Gasteiger partial charge in [-0.1, -0.05) is 11.6 Å². The topological polar surface area (TPSA) is 75.6 Å². The number of carbonyl (C=O) groups excluding carboxylic acids is 1. The van der Waals surface area contributed by atoms with Crippen LogP contribution in [0.15, 0.2) is 18.2 Å². The Bertz CT molecular complexity index is 433. The first-order chi connectivity index (χ1) is 8.02. The van der Waals surface area contributed by atoms with Crippen LogP contribution in [-0.4, -0.2) is 30.7 Å². The van der Waals surface area contributed by atoms with E-state index in [0.717, 1.165) is 0 Å². The van der Waals surface area contributed by atoms with Gasteiger partial charge >= 0.3 is 5.97 Å². The van der Waals surface area contributed by atoms with E-state index in [0.29, 0.717) is 12.3 Å². The second-order valence-electron chi connectivity index (χ2n) is 3.32. The largest absolute Gasteiger partial charge is 0.478 e. The lowest BCUT2D eigenvalue weighted by Gasteiger charge is -2.06. The van der Waals surface area contributed by atoms with E-state index in [-0.39, 0.29) is 22.9 Å². The van der Waals surface area contributed by atoms with E-state index in [9.17, 15) is 9.59 Å². The number of ether oxygens (including phenoxy) is 1. The van der Waals surface area contributed by atoms with Gasteiger partial charge in [0.05, 0.1) is 18.6 Å². The molecule has 5 nitrogen and oxygen atoms in total. The van der Waals surface area contributed by atoms with Crippen molar-refractivity contribution in [2.75, 3.05) is 19.0 Å². The van der Waals surface area contributed by atoms with E-state index in [1.807, 2.05) is 0 Å². The Morgan fingerprint density at radius 1 is 1.41 bits per heavy atom. The highest BCUT2D eigenvalue weighted by Crippen LogP contribution is 2.19. The number of carbonyl (C=O) groups is 2. The molecule has 0 aliphatic heterocycles. The molecule has 0 radical (unpaired) electrons. The third-order valence-electron chi connectivity index (χ3n) is 1.96. The number of carboxylic acids is 1. The summed E-state index contributed by atoms with van der Waals surface area (Å²) < 4.78 is 4.75. The van der Waals surface area contributed by atoms with Crippen LogP contribution in [0.4, 0.5) is 5.69 Å². The van der Waals surface area contributed by atoms with Gasteiger partial charge in [0, 0.05) is 17.8 Å². The number of rotatable bonds is 5. The summed E-state index contributed by atoms with van der Waals surface area (Å²) in [5.41, 5.74) is 0.385. The maximum Gasteiger partial charge on any atom is 0.335 e. The highest BCUT2D eigenvalue weighted by atomic mass is 35.5. The lowest BCUT2D eigenvalue weighted by Crippen LogP contribution is -2.14. The lowest BCUT2D eigenvalue weighted by atomic mass is 10.2. The summed E-state index contributed by atoms with van der Waals surface area (Å²) in [4.78, 5) is 22.2. The van der Waals surface area contributed by atoms with Crippen molar-refractivity contribution in [3.8, 4) is 0 Å². The molecule has 2 N–H and O–H groups in total. The minimum Gasteiger partial charge on any atom is -0.478 e. The molecule has 0 aliphatic carbocycles. The molecule has 0 bridgehead atoms. The zero-order valence-corrected chi connectivity index (χ0v) is 9.95. The Morgan fingerprint density at radius 2 is 2.12 bits per heavy atom. The predicted molar refractivity (Wildman–Crippen MR) is 63.5 cm³/mol. The van der Waals surface area contributed by atoms with Crippen molar-refractivity contribution in [1.82, 2.24) is 0 Å². The fraction of sp³-hybridized carbons (Fsp3) is 0.273. The van der Waals surface area contributed by atoms with Crippen LogP contribution in [0, 0.1) is 0 Å². The average molecular weight is 258 g/mol. The Labute approximate surface area is 103 Å². The van der Waals surface area contributed by atoms with Gasteiger partial charge in [-0.05, 0) is 18.2 Å². The van der Waals surface area contributed by atoms with Crippen LogP contribution in [0.2, 0.25) is 5.02 Å². The van der Waals surface area contributed by atoms with Crippen LogP contribution in [-0.2, 0) is 9.53 Å². The number of benzene rings is 1. The van der Waals surface area contributed by atoms with Crippen molar-refractivity contribution < 1.29 is 19.4 Å². The van der Waals surface area contributed by atoms with E-state index >= 15 is 0 Å². The molecule has 0 saturated carbocycles. The lowest BCUT2D eigenvalue weighted by molar-refractivity contribution is -0.117. The second-order valence-corrected chi connectivity index (χ2v) is 3.76. The van der Waals surface area contributed by atoms with Gasteiger partial charge < -0.3 is 15.2 Å². The van der Waals surface area contributed by atoms with E-state index < -0.39 is 5.97 Å². The molecule has 17 heavy (non-hydrogen) atoms. The van der Waals surface area contributed by atoms with Crippen LogP contribution in [0.5, 0.6) is 0 Å². The minimum absolute atomic E-state index is 0.0274. The Kier molecular flexibility index (Phi) is 4.93. The number of halogens is 1. The van der Waals surface area contributed by atoms with Crippen LogP contribution in [0.3, 0.4) is 0 Å². The number of hydrogen-bond acceptors (Lipinski definition) is 3. The summed E-state index contributed by atoms with van der Waals surface area (Å²) in [5, 5.41) is 11.6. The molecule has 1 rings (SSSR count). The smallest absolute Gasteiger partial charge is 0.335 e. The molecular weight excluding hydrogens is 246 g/mol. The predicted octanol–water partition coefficient (Wildman–Crippen LogP) is 2.01. The van der Waals surface area contributed by atoms with Gasteiger partial charge in [-0.15, -0.1) is 0 Å². The van der Waals surface area contributed by atoms with Crippen molar-refractivity contribution in [1.29, 1.82) is 0 Å². The quantitative estimate of drug-likeness (QED) is 0.846. The fourth-order valence-electron chi connectivity index (χ4n) is 1.20. The molecular formula is C11H12ClNO4. The first-order valence-corrected chi connectivity index (χ1v) is 5.23. The van der Waals surface area contributed by atoms with Gasteiger partial charge in [-0.2, -0.15) is 0 Å². The monoisotopic (exact) mass is 257 g/mol.